The highest BCUT2D eigenvalue weighted by Gasteiger charge is 2.39. The maximum atomic E-state index is 12.7. The first kappa shape index (κ1) is 21.8. The summed E-state index contributed by atoms with van der Waals surface area (Å²) in [4.78, 5) is 15.2. The minimum Gasteiger partial charge on any atom is -0.497 e. The number of nitrogens with one attached hydrogen (secondary N) is 1. The maximum Gasteiger partial charge on any atom is 0.289 e. The molecular weight excluding hydrogens is 394 g/mol. The standard InChI is InChI=1S/C23H33N5O3/c1-4-17(2)24-22(29)21-26-25-20-14-31-16-23(15-28(20)21)9-11-27(12-10-23)13-18-5-7-19(30-3)8-6-18/h5-8,17H,4,9-16H2,1-3H3,(H,24,29)/t17-/m1/s1. The van der Waals surface area contributed by atoms with Crippen molar-refractivity contribution in [1.82, 2.24) is 25.0 Å². The molecule has 168 valence electrons. The first-order valence-electron chi connectivity index (χ1n) is 11.2. The van der Waals surface area contributed by atoms with Gasteiger partial charge in [0.15, 0.2) is 5.82 Å². The predicted octanol–water partition coefficient (Wildman–Crippen LogP) is 2.63. The molecule has 0 radical (unpaired) electrons. The Morgan fingerprint density at radius 2 is 2.00 bits per heavy atom. The van der Waals surface area contributed by atoms with Gasteiger partial charge in [-0.25, -0.2) is 0 Å². The molecule has 1 atom stereocenters. The molecule has 1 aromatic heterocycles. The second kappa shape index (κ2) is 9.36. The lowest BCUT2D eigenvalue weighted by Crippen LogP contribution is -2.44. The Labute approximate surface area is 183 Å². The average molecular weight is 428 g/mol. The third kappa shape index (κ3) is 4.91. The average Bonchev–Trinajstić information content (AvgIpc) is 3.09. The number of likely N-dealkylation sites (tertiary alicyclic amines) is 1. The molecule has 2 aliphatic rings. The fourth-order valence-corrected chi connectivity index (χ4v) is 4.38. The highest BCUT2D eigenvalue weighted by Crippen LogP contribution is 2.37. The maximum absolute atomic E-state index is 12.7. The normalized spacial score (nSPS) is 19.5. The van der Waals surface area contributed by atoms with Crippen molar-refractivity contribution in [1.29, 1.82) is 0 Å². The van der Waals surface area contributed by atoms with Gasteiger partial charge in [-0.1, -0.05) is 19.1 Å². The van der Waals surface area contributed by atoms with Crippen LogP contribution in [0.25, 0.3) is 0 Å². The van der Waals surface area contributed by atoms with E-state index in [0.717, 1.165) is 57.0 Å². The number of aromatic nitrogens is 3. The summed E-state index contributed by atoms with van der Waals surface area (Å²) in [6.45, 7) is 8.82. The second-order valence-electron chi connectivity index (χ2n) is 8.93. The van der Waals surface area contributed by atoms with Crippen LogP contribution in [-0.4, -0.2) is 58.4 Å². The van der Waals surface area contributed by atoms with Crippen LogP contribution in [-0.2, 0) is 24.4 Å². The van der Waals surface area contributed by atoms with Crippen LogP contribution >= 0.6 is 0 Å². The van der Waals surface area contributed by atoms with Gasteiger partial charge in [-0.05, 0) is 57.0 Å². The number of rotatable bonds is 6. The number of piperidine rings is 1. The molecule has 8 heteroatoms. The third-order valence-electron chi connectivity index (χ3n) is 6.64. The Morgan fingerprint density at radius 3 is 2.68 bits per heavy atom. The Balaban J connectivity index is 1.42. The summed E-state index contributed by atoms with van der Waals surface area (Å²) in [7, 11) is 1.69. The summed E-state index contributed by atoms with van der Waals surface area (Å²) in [6.07, 6.45) is 2.92. The van der Waals surface area contributed by atoms with E-state index in [1.165, 1.54) is 5.56 Å². The van der Waals surface area contributed by atoms with E-state index in [1.54, 1.807) is 7.11 Å². The van der Waals surface area contributed by atoms with Gasteiger partial charge in [0.2, 0.25) is 5.82 Å². The molecule has 4 rings (SSSR count). The Kier molecular flexibility index (Phi) is 6.57. The molecule has 0 unspecified atom stereocenters. The van der Waals surface area contributed by atoms with Gasteiger partial charge in [-0.3, -0.25) is 9.69 Å². The Bertz CT molecular complexity index is 887. The molecule has 1 amide bonds. The first-order chi connectivity index (χ1) is 15.0. The van der Waals surface area contributed by atoms with Crippen LogP contribution in [0.5, 0.6) is 5.75 Å². The van der Waals surface area contributed by atoms with Gasteiger partial charge in [0.1, 0.15) is 12.4 Å². The van der Waals surface area contributed by atoms with E-state index in [2.05, 4.69) is 39.5 Å². The van der Waals surface area contributed by atoms with Crippen LogP contribution in [0.15, 0.2) is 24.3 Å². The summed E-state index contributed by atoms with van der Waals surface area (Å²) in [5.41, 5.74) is 1.30. The predicted molar refractivity (Wildman–Crippen MR) is 117 cm³/mol. The van der Waals surface area contributed by atoms with Crippen molar-refractivity contribution >= 4 is 5.91 Å². The summed E-state index contributed by atoms with van der Waals surface area (Å²) in [5.74, 6) is 1.88. The number of methoxy groups -OCH3 is 1. The molecule has 0 aliphatic carbocycles. The van der Waals surface area contributed by atoms with Crippen LogP contribution in [0.1, 0.15) is 55.1 Å². The largest absolute Gasteiger partial charge is 0.497 e. The number of carbonyl (C=O) groups is 1. The number of ether oxygens (including phenoxy) is 2. The number of fused-ring (bicyclic) bond motifs is 1. The topological polar surface area (TPSA) is 81.5 Å². The van der Waals surface area contributed by atoms with E-state index in [0.29, 0.717) is 19.0 Å². The number of amides is 1. The van der Waals surface area contributed by atoms with Gasteiger partial charge in [0.25, 0.3) is 5.91 Å². The van der Waals surface area contributed by atoms with E-state index in [4.69, 9.17) is 9.47 Å². The van der Waals surface area contributed by atoms with Crippen molar-refractivity contribution in [3.63, 3.8) is 0 Å². The molecule has 2 aromatic rings. The van der Waals surface area contributed by atoms with Gasteiger partial charge in [0.05, 0.1) is 13.7 Å². The molecule has 1 saturated heterocycles. The minimum absolute atomic E-state index is 0.00937. The summed E-state index contributed by atoms with van der Waals surface area (Å²) >= 11 is 0. The van der Waals surface area contributed by atoms with Crippen LogP contribution in [0.4, 0.5) is 0 Å². The molecule has 3 heterocycles. The van der Waals surface area contributed by atoms with E-state index in [-0.39, 0.29) is 17.4 Å². The van der Waals surface area contributed by atoms with Crippen LogP contribution in [0.3, 0.4) is 0 Å². The quantitative estimate of drug-likeness (QED) is 0.763. The molecule has 1 aromatic carbocycles. The smallest absolute Gasteiger partial charge is 0.289 e. The van der Waals surface area contributed by atoms with Crippen molar-refractivity contribution in [3.05, 3.63) is 41.5 Å². The lowest BCUT2D eigenvalue weighted by atomic mass is 9.78. The monoisotopic (exact) mass is 427 g/mol. The van der Waals surface area contributed by atoms with Crippen LogP contribution in [0, 0.1) is 5.41 Å². The first-order valence-corrected chi connectivity index (χ1v) is 11.2. The fraction of sp³-hybridized carbons (Fsp3) is 0.609. The minimum atomic E-state index is -0.151. The zero-order valence-electron chi connectivity index (χ0n) is 18.8. The number of benzene rings is 1. The number of hydrogen-bond acceptors (Lipinski definition) is 6. The van der Waals surface area contributed by atoms with Gasteiger partial charge in [0, 0.05) is 24.5 Å². The second-order valence-corrected chi connectivity index (χ2v) is 8.93. The van der Waals surface area contributed by atoms with Gasteiger partial charge >= 0.3 is 0 Å². The SMILES string of the molecule is CC[C@@H](C)NC(=O)c1nnc2n1CC1(CCN(Cc3ccc(OC)cc3)CC1)COC2. The van der Waals surface area contributed by atoms with Crippen molar-refractivity contribution in [2.24, 2.45) is 5.41 Å². The molecule has 0 saturated carbocycles. The number of carbonyl (C=O) groups excluding carboxylic acids is 1. The molecule has 2 aliphatic heterocycles. The van der Waals surface area contributed by atoms with Crippen LogP contribution < -0.4 is 10.1 Å². The molecule has 1 fully saturated rings. The molecule has 1 spiro atoms. The molecule has 8 nitrogen and oxygen atoms in total. The van der Waals surface area contributed by atoms with Crippen LogP contribution in [0.2, 0.25) is 0 Å². The zero-order chi connectivity index (χ0) is 21.8. The van der Waals surface area contributed by atoms with E-state index >= 15 is 0 Å². The fourth-order valence-electron chi connectivity index (χ4n) is 4.38. The van der Waals surface area contributed by atoms with Crippen molar-refractivity contribution < 1.29 is 14.3 Å². The Hall–Kier alpha value is -2.45. The molecule has 0 bridgehead atoms. The molecule has 31 heavy (non-hydrogen) atoms. The lowest BCUT2D eigenvalue weighted by Gasteiger charge is -2.41. The molecular formula is C23H33N5O3. The van der Waals surface area contributed by atoms with Gasteiger partial charge in [-0.15, -0.1) is 10.2 Å². The van der Waals surface area contributed by atoms with Gasteiger partial charge in [-0.2, -0.15) is 0 Å². The van der Waals surface area contributed by atoms with E-state index in [1.807, 2.05) is 23.6 Å². The van der Waals surface area contributed by atoms with Crippen molar-refractivity contribution in [2.75, 3.05) is 26.8 Å². The zero-order valence-corrected chi connectivity index (χ0v) is 18.8. The van der Waals surface area contributed by atoms with E-state index in [9.17, 15) is 4.79 Å². The summed E-state index contributed by atoms with van der Waals surface area (Å²) < 4.78 is 13.2. The highest BCUT2D eigenvalue weighted by atomic mass is 16.5. The summed E-state index contributed by atoms with van der Waals surface area (Å²) in [6, 6.07) is 8.39. The highest BCUT2D eigenvalue weighted by molar-refractivity contribution is 5.90. The Morgan fingerprint density at radius 1 is 1.26 bits per heavy atom. The summed E-state index contributed by atoms with van der Waals surface area (Å²) in [5, 5.41) is 11.4. The number of nitrogens with zero attached hydrogens (tertiary/aromatic N) is 4. The van der Waals surface area contributed by atoms with Gasteiger partial charge < -0.3 is 19.4 Å². The van der Waals surface area contributed by atoms with Crippen molar-refractivity contribution in [2.45, 2.75) is 58.8 Å². The third-order valence-corrected chi connectivity index (χ3v) is 6.64. The lowest BCUT2D eigenvalue weighted by molar-refractivity contribution is -0.00570. The van der Waals surface area contributed by atoms with E-state index < -0.39 is 0 Å². The number of hydrogen-bond donors (Lipinski definition) is 1. The molecule has 1 N–H and O–H groups in total. The van der Waals surface area contributed by atoms with Crippen molar-refractivity contribution in [3.8, 4) is 5.75 Å².